The van der Waals surface area contributed by atoms with E-state index in [4.69, 9.17) is 10.6 Å². The van der Waals surface area contributed by atoms with Gasteiger partial charge in [0.1, 0.15) is 0 Å². The summed E-state index contributed by atoms with van der Waals surface area (Å²) in [6, 6.07) is 2.54. The number of hydrogen-bond acceptors (Lipinski definition) is 4. The van der Waals surface area contributed by atoms with Crippen molar-refractivity contribution in [1.29, 1.82) is 0 Å². The number of rotatable bonds is 6. The Morgan fingerprint density at radius 1 is 1.53 bits per heavy atom. The smallest absolute Gasteiger partial charge is 0.0575 e. The summed E-state index contributed by atoms with van der Waals surface area (Å²) in [5, 5.41) is 4.31. The van der Waals surface area contributed by atoms with Gasteiger partial charge in [0.15, 0.2) is 0 Å². The van der Waals surface area contributed by atoms with Crippen LogP contribution in [0.2, 0.25) is 0 Å². The lowest BCUT2D eigenvalue weighted by atomic mass is 9.99. The monoisotopic (exact) mass is 254 g/mol. The summed E-state index contributed by atoms with van der Waals surface area (Å²) in [4.78, 5) is 0. The van der Waals surface area contributed by atoms with Crippen LogP contribution in [0.3, 0.4) is 0 Å². The van der Waals surface area contributed by atoms with Crippen molar-refractivity contribution in [2.75, 3.05) is 6.61 Å². The molecule has 2 heterocycles. The summed E-state index contributed by atoms with van der Waals surface area (Å²) >= 11 is 1.74. The van der Waals surface area contributed by atoms with Crippen LogP contribution in [0.4, 0.5) is 0 Å². The number of hydrogen-bond donors (Lipinski definition) is 2. The van der Waals surface area contributed by atoms with Gasteiger partial charge in [-0.2, -0.15) is 11.3 Å². The number of nitrogens with one attached hydrogen (secondary N) is 1. The quantitative estimate of drug-likeness (QED) is 0.605. The summed E-state index contributed by atoms with van der Waals surface area (Å²) in [6.45, 7) is 0.940. The molecule has 4 heteroatoms. The van der Waals surface area contributed by atoms with Gasteiger partial charge in [-0.25, -0.2) is 0 Å². The van der Waals surface area contributed by atoms with Gasteiger partial charge in [-0.15, -0.1) is 0 Å². The van der Waals surface area contributed by atoms with E-state index in [-0.39, 0.29) is 0 Å². The molecule has 1 aromatic heterocycles. The zero-order valence-corrected chi connectivity index (χ0v) is 11.0. The van der Waals surface area contributed by atoms with Crippen LogP contribution >= 0.6 is 11.3 Å². The fourth-order valence-electron chi connectivity index (χ4n) is 2.36. The highest BCUT2D eigenvalue weighted by molar-refractivity contribution is 7.07. The molecule has 0 spiro atoms. The summed E-state index contributed by atoms with van der Waals surface area (Å²) in [5.41, 5.74) is 4.31. The zero-order chi connectivity index (χ0) is 11.9. The van der Waals surface area contributed by atoms with E-state index in [9.17, 15) is 0 Å². The first-order valence-corrected chi connectivity index (χ1v) is 7.41. The standard InChI is InChI=1S/C13H22N2OS/c14-15-12(9-11-6-8-17-10-11)4-5-13-3-1-2-7-16-13/h6,8,10,12-13,15H,1-5,7,9,14H2. The van der Waals surface area contributed by atoms with Crippen LogP contribution in [0.1, 0.15) is 37.7 Å². The van der Waals surface area contributed by atoms with Gasteiger partial charge in [-0.1, -0.05) is 0 Å². The Morgan fingerprint density at radius 2 is 2.47 bits per heavy atom. The van der Waals surface area contributed by atoms with E-state index in [1.165, 1.54) is 24.8 Å². The Morgan fingerprint density at radius 3 is 3.12 bits per heavy atom. The normalized spacial score (nSPS) is 22.5. The van der Waals surface area contributed by atoms with Crippen molar-refractivity contribution in [3.63, 3.8) is 0 Å². The Labute approximate surface area is 107 Å². The summed E-state index contributed by atoms with van der Waals surface area (Å²) < 4.78 is 5.74. The van der Waals surface area contributed by atoms with Crippen molar-refractivity contribution >= 4 is 11.3 Å². The molecule has 2 atom stereocenters. The van der Waals surface area contributed by atoms with Crippen molar-refractivity contribution in [1.82, 2.24) is 5.43 Å². The van der Waals surface area contributed by atoms with E-state index in [0.717, 1.165) is 25.9 Å². The molecular weight excluding hydrogens is 232 g/mol. The molecule has 0 bridgehead atoms. The Balaban J connectivity index is 1.71. The molecular formula is C13H22N2OS. The van der Waals surface area contributed by atoms with Crippen molar-refractivity contribution in [3.8, 4) is 0 Å². The zero-order valence-electron chi connectivity index (χ0n) is 10.2. The second kappa shape index (κ2) is 7.11. The SMILES string of the molecule is NNC(CCC1CCCCO1)Cc1ccsc1. The molecule has 17 heavy (non-hydrogen) atoms. The second-order valence-electron chi connectivity index (χ2n) is 4.77. The first kappa shape index (κ1) is 13.0. The number of nitrogens with two attached hydrogens (primary N) is 1. The van der Waals surface area contributed by atoms with Crippen LogP contribution in [0, 0.1) is 0 Å². The lowest BCUT2D eigenvalue weighted by Gasteiger charge is -2.24. The van der Waals surface area contributed by atoms with Gasteiger partial charge < -0.3 is 4.74 Å². The molecule has 0 saturated carbocycles. The Hall–Kier alpha value is -0.420. The van der Waals surface area contributed by atoms with Crippen LogP contribution in [-0.4, -0.2) is 18.8 Å². The highest BCUT2D eigenvalue weighted by atomic mass is 32.1. The maximum Gasteiger partial charge on any atom is 0.0575 e. The van der Waals surface area contributed by atoms with Crippen molar-refractivity contribution in [2.45, 2.75) is 50.7 Å². The minimum absolute atomic E-state index is 0.370. The molecule has 1 aliphatic rings. The summed E-state index contributed by atoms with van der Waals surface area (Å²) in [5.74, 6) is 5.62. The maximum absolute atomic E-state index is 5.74. The van der Waals surface area contributed by atoms with E-state index in [1.54, 1.807) is 11.3 Å². The summed E-state index contributed by atoms with van der Waals surface area (Å²) in [6.07, 6.45) is 7.46. The second-order valence-corrected chi connectivity index (χ2v) is 5.55. The molecule has 3 nitrogen and oxygen atoms in total. The topological polar surface area (TPSA) is 47.3 Å². The van der Waals surface area contributed by atoms with Gasteiger partial charge in [0, 0.05) is 12.6 Å². The van der Waals surface area contributed by atoms with Gasteiger partial charge in [-0.05, 0) is 60.9 Å². The molecule has 1 aromatic rings. The first-order chi connectivity index (χ1) is 8.38. The minimum atomic E-state index is 0.370. The molecule has 2 unspecified atom stereocenters. The van der Waals surface area contributed by atoms with Crippen LogP contribution < -0.4 is 11.3 Å². The molecule has 2 rings (SSSR count). The molecule has 3 N–H and O–H groups in total. The van der Waals surface area contributed by atoms with Gasteiger partial charge in [0.25, 0.3) is 0 Å². The molecule has 0 radical (unpaired) electrons. The van der Waals surface area contributed by atoms with Crippen molar-refractivity contribution < 1.29 is 4.74 Å². The highest BCUT2D eigenvalue weighted by Crippen LogP contribution is 2.19. The van der Waals surface area contributed by atoms with Gasteiger partial charge in [0.2, 0.25) is 0 Å². The van der Waals surface area contributed by atoms with Crippen molar-refractivity contribution in [3.05, 3.63) is 22.4 Å². The van der Waals surface area contributed by atoms with Crippen LogP contribution in [0.5, 0.6) is 0 Å². The molecule has 1 fully saturated rings. The minimum Gasteiger partial charge on any atom is -0.378 e. The van der Waals surface area contributed by atoms with E-state index < -0.39 is 0 Å². The van der Waals surface area contributed by atoms with E-state index in [2.05, 4.69) is 22.3 Å². The average Bonchev–Trinajstić information content (AvgIpc) is 2.88. The van der Waals surface area contributed by atoms with E-state index in [1.807, 2.05) is 0 Å². The predicted octanol–water partition coefficient (Wildman–Crippen LogP) is 2.47. The fourth-order valence-corrected chi connectivity index (χ4v) is 3.04. The van der Waals surface area contributed by atoms with Crippen molar-refractivity contribution in [2.24, 2.45) is 5.84 Å². The molecule has 96 valence electrons. The van der Waals surface area contributed by atoms with Crippen LogP contribution in [0.15, 0.2) is 16.8 Å². The van der Waals surface area contributed by atoms with E-state index >= 15 is 0 Å². The largest absolute Gasteiger partial charge is 0.378 e. The van der Waals surface area contributed by atoms with Gasteiger partial charge in [-0.3, -0.25) is 11.3 Å². The molecule has 0 aromatic carbocycles. The van der Waals surface area contributed by atoms with Gasteiger partial charge in [0.05, 0.1) is 6.10 Å². The highest BCUT2D eigenvalue weighted by Gasteiger charge is 2.16. The van der Waals surface area contributed by atoms with Crippen LogP contribution in [0.25, 0.3) is 0 Å². The third-order valence-corrected chi connectivity index (χ3v) is 4.14. The number of hydrazine groups is 1. The molecule has 1 aliphatic heterocycles. The number of thiophene rings is 1. The lowest BCUT2D eigenvalue weighted by molar-refractivity contribution is 0.00858. The van der Waals surface area contributed by atoms with E-state index in [0.29, 0.717) is 12.1 Å². The first-order valence-electron chi connectivity index (χ1n) is 6.47. The molecule has 1 saturated heterocycles. The number of ether oxygens (including phenoxy) is 1. The fraction of sp³-hybridized carbons (Fsp3) is 0.692. The van der Waals surface area contributed by atoms with Crippen LogP contribution in [-0.2, 0) is 11.2 Å². The summed E-state index contributed by atoms with van der Waals surface area (Å²) in [7, 11) is 0. The van der Waals surface area contributed by atoms with Gasteiger partial charge >= 0.3 is 0 Å². The Kier molecular flexibility index (Phi) is 5.45. The molecule has 0 aliphatic carbocycles. The maximum atomic E-state index is 5.74. The Bertz CT molecular complexity index is 296. The lowest BCUT2D eigenvalue weighted by Crippen LogP contribution is -2.37. The third kappa shape index (κ3) is 4.39. The molecule has 0 amide bonds. The predicted molar refractivity (Wildman–Crippen MR) is 72.0 cm³/mol. The average molecular weight is 254 g/mol. The third-order valence-electron chi connectivity index (χ3n) is 3.41.